The Kier molecular flexibility index (Phi) is 5.93. The summed E-state index contributed by atoms with van der Waals surface area (Å²) in [4.78, 5) is 21.5. The highest BCUT2D eigenvalue weighted by Crippen LogP contribution is 2.28. The number of carbonyl (C=O) groups excluding carboxylic acids is 1. The number of nitrogens with zero attached hydrogens (tertiary/aromatic N) is 3. The third kappa shape index (κ3) is 4.72. The van der Waals surface area contributed by atoms with Crippen molar-refractivity contribution in [1.29, 1.82) is 0 Å². The van der Waals surface area contributed by atoms with Gasteiger partial charge in [-0.1, -0.05) is 24.3 Å². The Morgan fingerprint density at radius 2 is 1.81 bits per heavy atom. The van der Waals surface area contributed by atoms with Crippen LogP contribution in [0.1, 0.15) is 21.7 Å². The zero-order chi connectivity index (χ0) is 21.6. The number of carbonyl (C=O) groups is 1. The quantitative estimate of drug-likeness (QED) is 0.461. The first-order valence-electron chi connectivity index (χ1n) is 9.87. The molecule has 4 rings (SSSR count). The summed E-state index contributed by atoms with van der Waals surface area (Å²) in [5.41, 5.74) is 3.01. The number of rotatable bonds is 7. The van der Waals surface area contributed by atoms with Crippen LogP contribution in [0.3, 0.4) is 0 Å². The zero-order valence-corrected chi connectivity index (χ0v) is 17.4. The molecule has 1 amide bonds. The van der Waals surface area contributed by atoms with E-state index in [1.807, 2.05) is 61.7 Å². The molecule has 0 aliphatic rings. The first-order valence-corrected chi connectivity index (χ1v) is 9.87. The molecule has 0 spiro atoms. The van der Waals surface area contributed by atoms with Gasteiger partial charge >= 0.3 is 0 Å². The summed E-state index contributed by atoms with van der Waals surface area (Å²) in [7, 11) is 1.60. The van der Waals surface area contributed by atoms with Gasteiger partial charge in [0.25, 0.3) is 5.91 Å². The van der Waals surface area contributed by atoms with Crippen LogP contribution in [0.2, 0.25) is 0 Å². The van der Waals surface area contributed by atoms with Crippen LogP contribution in [0.5, 0.6) is 5.75 Å². The molecule has 0 fully saturated rings. The summed E-state index contributed by atoms with van der Waals surface area (Å²) in [6, 6.07) is 18.7. The Bertz CT molecular complexity index is 1180. The largest absolute Gasteiger partial charge is 0.495 e. The summed E-state index contributed by atoms with van der Waals surface area (Å²) < 4.78 is 7.44. The van der Waals surface area contributed by atoms with Gasteiger partial charge in [0.05, 0.1) is 18.4 Å². The highest BCUT2D eigenvalue weighted by atomic mass is 16.5. The van der Waals surface area contributed by atoms with E-state index < -0.39 is 0 Å². The number of anilines is 3. The molecular weight excluding hydrogens is 390 g/mol. The standard InChI is InChI=1S/C24H23N5O2/c1-17-25-14-15-29(17)16-18-9-11-19(12-10-18)27-24(30)20-6-5-13-26-23(20)28-21-7-3-4-8-22(21)31-2/h3-15H,16H2,1-2H3,(H,26,28)(H,27,30). The van der Waals surface area contributed by atoms with Crippen LogP contribution in [-0.2, 0) is 6.54 Å². The van der Waals surface area contributed by atoms with Crippen LogP contribution in [0.15, 0.2) is 79.3 Å². The van der Waals surface area contributed by atoms with Gasteiger partial charge in [0.2, 0.25) is 0 Å². The Morgan fingerprint density at radius 1 is 1.00 bits per heavy atom. The van der Waals surface area contributed by atoms with Gasteiger partial charge in [0, 0.05) is 30.8 Å². The summed E-state index contributed by atoms with van der Waals surface area (Å²) in [5.74, 6) is 1.84. The molecule has 156 valence electrons. The van der Waals surface area contributed by atoms with Gasteiger partial charge in [-0.3, -0.25) is 4.79 Å². The van der Waals surface area contributed by atoms with E-state index in [2.05, 4.69) is 25.2 Å². The topological polar surface area (TPSA) is 81.1 Å². The van der Waals surface area contributed by atoms with Crippen molar-refractivity contribution in [3.8, 4) is 5.75 Å². The number of aromatic nitrogens is 3. The number of aryl methyl sites for hydroxylation is 1. The van der Waals surface area contributed by atoms with E-state index in [0.29, 0.717) is 22.8 Å². The number of amides is 1. The van der Waals surface area contributed by atoms with Gasteiger partial charge in [0.1, 0.15) is 17.4 Å². The van der Waals surface area contributed by atoms with E-state index >= 15 is 0 Å². The second-order valence-electron chi connectivity index (χ2n) is 6.98. The average Bonchev–Trinajstić information content (AvgIpc) is 3.20. The van der Waals surface area contributed by atoms with E-state index in [9.17, 15) is 4.79 Å². The van der Waals surface area contributed by atoms with Crippen LogP contribution < -0.4 is 15.4 Å². The minimum atomic E-state index is -0.247. The Balaban J connectivity index is 1.48. The normalized spacial score (nSPS) is 10.5. The first kappa shape index (κ1) is 20.2. The van der Waals surface area contributed by atoms with Gasteiger partial charge < -0.3 is 19.9 Å². The summed E-state index contributed by atoms with van der Waals surface area (Å²) >= 11 is 0. The van der Waals surface area contributed by atoms with Gasteiger partial charge in [-0.25, -0.2) is 9.97 Å². The molecule has 4 aromatic rings. The van der Waals surface area contributed by atoms with Crippen molar-refractivity contribution >= 4 is 23.1 Å². The van der Waals surface area contributed by atoms with Crippen molar-refractivity contribution in [3.63, 3.8) is 0 Å². The van der Waals surface area contributed by atoms with Crippen LogP contribution in [0.4, 0.5) is 17.2 Å². The average molecular weight is 413 g/mol. The number of imidazole rings is 1. The van der Waals surface area contributed by atoms with Crippen molar-refractivity contribution in [2.45, 2.75) is 13.5 Å². The molecule has 7 nitrogen and oxygen atoms in total. The fourth-order valence-electron chi connectivity index (χ4n) is 3.22. The van der Waals surface area contributed by atoms with Crippen molar-refractivity contribution in [2.24, 2.45) is 0 Å². The Hall–Kier alpha value is -4.13. The summed E-state index contributed by atoms with van der Waals surface area (Å²) in [6.45, 7) is 2.70. The van der Waals surface area contributed by atoms with E-state index in [4.69, 9.17) is 4.74 Å². The SMILES string of the molecule is COc1ccccc1Nc1ncccc1C(=O)Nc1ccc(Cn2ccnc2C)cc1. The maximum Gasteiger partial charge on any atom is 0.259 e. The van der Waals surface area contributed by atoms with Crippen molar-refractivity contribution in [1.82, 2.24) is 14.5 Å². The number of benzene rings is 2. The summed E-state index contributed by atoms with van der Waals surface area (Å²) in [6.07, 6.45) is 5.37. The van der Waals surface area contributed by atoms with Crippen molar-refractivity contribution in [3.05, 3.63) is 96.2 Å². The predicted molar refractivity (Wildman–Crippen MR) is 121 cm³/mol. The number of methoxy groups -OCH3 is 1. The maximum absolute atomic E-state index is 12.9. The van der Waals surface area contributed by atoms with Crippen LogP contribution in [0.25, 0.3) is 0 Å². The Morgan fingerprint density at radius 3 is 2.55 bits per heavy atom. The molecule has 0 atom stereocenters. The molecule has 0 aliphatic heterocycles. The molecule has 2 heterocycles. The highest BCUT2D eigenvalue weighted by molar-refractivity contribution is 6.07. The van der Waals surface area contributed by atoms with E-state index in [0.717, 1.165) is 23.6 Å². The molecule has 0 unspecified atom stereocenters. The lowest BCUT2D eigenvalue weighted by molar-refractivity contribution is 0.102. The number of ether oxygens (including phenoxy) is 1. The molecule has 0 saturated heterocycles. The minimum absolute atomic E-state index is 0.247. The number of nitrogens with one attached hydrogen (secondary N) is 2. The molecule has 0 radical (unpaired) electrons. The van der Waals surface area contributed by atoms with E-state index in [1.165, 1.54) is 0 Å². The molecule has 2 aromatic heterocycles. The van der Waals surface area contributed by atoms with Gasteiger partial charge in [-0.05, 0) is 48.9 Å². The lowest BCUT2D eigenvalue weighted by Gasteiger charge is -2.13. The fourth-order valence-corrected chi connectivity index (χ4v) is 3.22. The number of para-hydroxylation sites is 2. The van der Waals surface area contributed by atoms with Crippen molar-refractivity contribution < 1.29 is 9.53 Å². The maximum atomic E-state index is 12.9. The number of hydrogen-bond acceptors (Lipinski definition) is 5. The van der Waals surface area contributed by atoms with Gasteiger partial charge in [0.15, 0.2) is 0 Å². The molecule has 7 heteroatoms. The molecule has 2 N–H and O–H groups in total. The Labute approximate surface area is 180 Å². The van der Waals surface area contributed by atoms with Crippen molar-refractivity contribution in [2.75, 3.05) is 17.7 Å². The van der Waals surface area contributed by atoms with Crippen LogP contribution in [0, 0.1) is 6.92 Å². The van der Waals surface area contributed by atoms with Gasteiger partial charge in [-0.2, -0.15) is 0 Å². The monoisotopic (exact) mass is 413 g/mol. The fraction of sp³-hybridized carbons (Fsp3) is 0.125. The van der Waals surface area contributed by atoms with Crippen LogP contribution >= 0.6 is 0 Å². The lowest BCUT2D eigenvalue weighted by atomic mass is 10.2. The minimum Gasteiger partial charge on any atom is -0.495 e. The van der Waals surface area contributed by atoms with E-state index in [1.54, 1.807) is 31.6 Å². The third-order valence-corrected chi connectivity index (χ3v) is 4.90. The molecular formula is C24H23N5O2. The van der Waals surface area contributed by atoms with Gasteiger partial charge in [-0.15, -0.1) is 0 Å². The molecule has 0 aliphatic carbocycles. The van der Waals surface area contributed by atoms with E-state index in [-0.39, 0.29) is 5.91 Å². The highest BCUT2D eigenvalue weighted by Gasteiger charge is 2.14. The third-order valence-electron chi connectivity index (χ3n) is 4.90. The lowest BCUT2D eigenvalue weighted by Crippen LogP contribution is -2.15. The molecule has 0 bridgehead atoms. The zero-order valence-electron chi connectivity index (χ0n) is 17.4. The number of hydrogen-bond donors (Lipinski definition) is 2. The smallest absolute Gasteiger partial charge is 0.259 e. The molecule has 2 aromatic carbocycles. The second kappa shape index (κ2) is 9.13. The first-order chi connectivity index (χ1) is 15.1. The second-order valence-corrected chi connectivity index (χ2v) is 6.98. The molecule has 0 saturated carbocycles. The molecule has 31 heavy (non-hydrogen) atoms. The van der Waals surface area contributed by atoms with Crippen LogP contribution in [-0.4, -0.2) is 27.6 Å². The predicted octanol–water partition coefficient (Wildman–Crippen LogP) is 4.64. The number of pyridine rings is 1. The summed E-state index contributed by atoms with van der Waals surface area (Å²) in [5, 5.41) is 6.13.